The van der Waals surface area contributed by atoms with Gasteiger partial charge in [0.05, 0.1) is 13.7 Å². The number of methoxy groups -OCH3 is 1. The van der Waals surface area contributed by atoms with E-state index in [-0.39, 0.29) is 6.10 Å². The first kappa shape index (κ1) is 9.83. The van der Waals surface area contributed by atoms with Crippen molar-refractivity contribution in [2.24, 2.45) is 0 Å². The third-order valence-electron chi connectivity index (χ3n) is 2.31. The molecule has 1 atom stereocenters. The molecule has 0 spiro atoms. The molecule has 0 amide bonds. The number of fused-ring (bicyclic) bond motifs is 1. The van der Waals surface area contributed by atoms with Gasteiger partial charge < -0.3 is 14.2 Å². The summed E-state index contributed by atoms with van der Waals surface area (Å²) in [6, 6.07) is 7.53. The Kier molecular flexibility index (Phi) is 2.76. The zero-order chi connectivity index (χ0) is 10.7. The van der Waals surface area contributed by atoms with Gasteiger partial charge in [0, 0.05) is 12.0 Å². The highest BCUT2D eigenvalue weighted by Crippen LogP contribution is 2.34. The summed E-state index contributed by atoms with van der Waals surface area (Å²) in [6.07, 6.45) is -0.259. The van der Waals surface area contributed by atoms with Crippen LogP contribution in [0.1, 0.15) is 18.1 Å². The highest BCUT2D eigenvalue weighted by atomic mass is 16.7. The second-order valence-electron chi connectivity index (χ2n) is 3.24. The van der Waals surface area contributed by atoms with Gasteiger partial charge in [0.25, 0.3) is 0 Å². The van der Waals surface area contributed by atoms with E-state index in [0.29, 0.717) is 13.0 Å². The summed E-state index contributed by atoms with van der Waals surface area (Å²) in [5, 5.41) is 0. The first-order chi connectivity index (χ1) is 7.31. The van der Waals surface area contributed by atoms with Crippen LogP contribution in [0.25, 0.3) is 0 Å². The fraction of sp³-hybridized carbons (Fsp3) is 0.364. The maximum absolute atomic E-state index is 11.0. The average molecular weight is 208 g/mol. The van der Waals surface area contributed by atoms with Gasteiger partial charge in [0.2, 0.25) is 0 Å². The second kappa shape index (κ2) is 4.21. The lowest BCUT2D eigenvalue weighted by molar-refractivity contribution is 0.0204. The Morgan fingerprint density at radius 2 is 2.27 bits per heavy atom. The average Bonchev–Trinajstić information content (AvgIpc) is 2.29. The van der Waals surface area contributed by atoms with Gasteiger partial charge in [-0.15, -0.1) is 0 Å². The maximum atomic E-state index is 11.0. The van der Waals surface area contributed by atoms with E-state index in [9.17, 15) is 4.79 Å². The van der Waals surface area contributed by atoms with E-state index in [1.165, 1.54) is 7.11 Å². The predicted octanol–water partition coefficient (Wildman–Crippen LogP) is 2.29. The summed E-state index contributed by atoms with van der Waals surface area (Å²) >= 11 is 0. The molecule has 15 heavy (non-hydrogen) atoms. The van der Waals surface area contributed by atoms with Crippen molar-refractivity contribution in [2.45, 2.75) is 12.5 Å². The quantitative estimate of drug-likeness (QED) is 0.664. The third-order valence-corrected chi connectivity index (χ3v) is 2.31. The molecule has 1 aromatic carbocycles. The summed E-state index contributed by atoms with van der Waals surface area (Å²) in [6.45, 7) is 0.554. The fourth-order valence-electron chi connectivity index (χ4n) is 1.60. The van der Waals surface area contributed by atoms with Crippen LogP contribution in [-0.4, -0.2) is 19.9 Å². The van der Waals surface area contributed by atoms with Gasteiger partial charge in [-0.2, -0.15) is 0 Å². The molecule has 4 nitrogen and oxygen atoms in total. The van der Waals surface area contributed by atoms with Crippen LogP contribution >= 0.6 is 0 Å². The first-order valence-electron chi connectivity index (χ1n) is 4.77. The van der Waals surface area contributed by atoms with Crippen molar-refractivity contribution in [1.29, 1.82) is 0 Å². The normalized spacial score (nSPS) is 18.6. The molecule has 4 heteroatoms. The fourth-order valence-corrected chi connectivity index (χ4v) is 1.60. The largest absolute Gasteiger partial charge is 0.508 e. The molecule has 0 bridgehead atoms. The van der Waals surface area contributed by atoms with Crippen molar-refractivity contribution in [3.8, 4) is 5.75 Å². The molecule has 0 fully saturated rings. The Morgan fingerprint density at radius 3 is 3.07 bits per heavy atom. The zero-order valence-corrected chi connectivity index (χ0v) is 8.43. The molecular weight excluding hydrogens is 196 g/mol. The number of benzene rings is 1. The molecule has 0 unspecified atom stereocenters. The minimum absolute atomic E-state index is 0.262. The smallest absolute Gasteiger partial charge is 0.493 e. The van der Waals surface area contributed by atoms with Gasteiger partial charge in [-0.3, -0.25) is 0 Å². The molecule has 0 saturated carbocycles. The number of carbonyl (C=O) groups is 1. The number of carbonyl (C=O) groups excluding carboxylic acids is 1. The summed E-state index contributed by atoms with van der Waals surface area (Å²) in [4.78, 5) is 11.0. The minimum atomic E-state index is -0.656. The van der Waals surface area contributed by atoms with Gasteiger partial charge in [-0.25, -0.2) is 4.79 Å². The lowest BCUT2D eigenvalue weighted by atomic mass is 10.0. The second-order valence-corrected chi connectivity index (χ2v) is 3.24. The third kappa shape index (κ3) is 2.03. The molecular formula is C11H12O4. The molecule has 0 aliphatic carbocycles. The van der Waals surface area contributed by atoms with Crippen LogP contribution in [0.3, 0.4) is 0 Å². The van der Waals surface area contributed by atoms with Crippen molar-refractivity contribution in [1.82, 2.24) is 0 Å². The summed E-state index contributed by atoms with van der Waals surface area (Å²) < 4.78 is 15.0. The van der Waals surface area contributed by atoms with Crippen LogP contribution in [0.4, 0.5) is 4.79 Å². The standard InChI is InChI=1S/C11H12O4/c1-13-11(12)15-10-6-7-14-9-5-3-2-4-8(9)10/h2-5,10H,6-7H2,1H3/t10-/m0/s1. The molecule has 1 aliphatic heterocycles. The van der Waals surface area contributed by atoms with E-state index in [1.807, 2.05) is 24.3 Å². The van der Waals surface area contributed by atoms with Crippen LogP contribution in [-0.2, 0) is 9.47 Å². The minimum Gasteiger partial charge on any atom is -0.493 e. The van der Waals surface area contributed by atoms with E-state index in [1.54, 1.807) is 0 Å². The Labute approximate surface area is 87.8 Å². The molecule has 0 radical (unpaired) electrons. The van der Waals surface area contributed by atoms with E-state index in [2.05, 4.69) is 4.74 Å². The van der Waals surface area contributed by atoms with Crippen molar-refractivity contribution in [3.63, 3.8) is 0 Å². The van der Waals surface area contributed by atoms with Gasteiger partial charge in [0.15, 0.2) is 0 Å². The van der Waals surface area contributed by atoms with Crippen molar-refractivity contribution in [2.75, 3.05) is 13.7 Å². The van der Waals surface area contributed by atoms with Crippen LogP contribution in [0.15, 0.2) is 24.3 Å². The Hall–Kier alpha value is -1.71. The number of para-hydroxylation sites is 1. The number of ether oxygens (including phenoxy) is 3. The molecule has 0 saturated heterocycles. The molecule has 0 N–H and O–H groups in total. The Bertz CT molecular complexity index is 361. The predicted molar refractivity (Wildman–Crippen MR) is 52.8 cm³/mol. The highest BCUT2D eigenvalue weighted by Gasteiger charge is 2.24. The van der Waals surface area contributed by atoms with E-state index in [4.69, 9.17) is 9.47 Å². The van der Waals surface area contributed by atoms with Gasteiger partial charge in [-0.05, 0) is 6.07 Å². The number of rotatable bonds is 1. The topological polar surface area (TPSA) is 44.8 Å². The van der Waals surface area contributed by atoms with E-state index >= 15 is 0 Å². The number of hydrogen-bond acceptors (Lipinski definition) is 4. The highest BCUT2D eigenvalue weighted by molar-refractivity contribution is 5.60. The zero-order valence-electron chi connectivity index (χ0n) is 8.43. The molecule has 1 aromatic rings. The monoisotopic (exact) mass is 208 g/mol. The molecule has 80 valence electrons. The van der Waals surface area contributed by atoms with Crippen LogP contribution in [0.5, 0.6) is 5.75 Å². The molecule has 2 rings (SSSR count). The van der Waals surface area contributed by atoms with Crippen LogP contribution in [0, 0.1) is 0 Å². The molecule has 1 heterocycles. The first-order valence-corrected chi connectivity index (χ1v) is 4.77. The Morgan fingerprint density at radius 1 is 1.47 bits per heavy atom. The van der Waals surface area contributed by atoms with Crippen LogP contribution < -0.4 is 4.74 Å². The van der Waals surface area contributed by atoms with Gasteiger partial charge in [0.1, 0.15) is 11.9 Å². The lowest BCUT2D eigenvalue weighted by Gasteiger charge is -2.24. The van der Waals surface area contributed by atoms with E-state index in [0.717, 1.165) is 11.3 Å². The van der Waals surface area contributed by atoms with E-state index < -0.39 is 6.16 Å². The summed E-state index contributed by atoms with van der Waals surface area (Å²) in [7, 11) is 1.30. The molecule has 0 aromatic heterocycles. The maximum Gasteiger partial charge on any atom is 0.508 e. The van der Waals surface area contributed by atoms with Crippen LogP contribution in [0.2, 0.25) is 0 Å². The van der Waals surface area contributed by atoms with Crippen molar-refractivity contribution in [3.05, 3.63) is 29.8 Å². The van der Waals surface area contributed by atoms with Crippen molar-refractivity contribution >= 4 is 6.16 Å². The molecule has 1 aliphatic rings. The van der Waals surface area contributed by atoms with Gasteiger partial charge >= 0.3 is 6.16 Å². The lowest BCUT2D eigenvalue weighted by Crippen LogP contribution is -2.19. The summed E-state index contributed by atoms with van der Waals surface area (Å²) in [5.41, 5.74) is 0.897. The SMILES string of the molecule is COC(=O)O[C@H]1CCOc2ccccc21. The summed E-state index contributed by atoms with van der Waals surface area (Å²) in [5.74, 6) is 0.776. The Balaban J connectivity index is 2.18. The number of hydrogen-bond donors (Lipinski definition) is 0. The van der Waals surface area contributed by atoms with Crippen molar-refractivity contribution < 1.29 is 19.0 Å². The van der Waals surface area contributed by atoms with Gasteiger partial charge in [-0.1, -0.05) is 18.2 Å².